The van der Waals surface area contributed by atoms with E-state index in [0.717, 1.165) is 12.1 Å². The molecule has 0 spiro atoms. The molecule has 0 bridgehead atoms. The average Bonchev–Trinajstić information content (AvgIpc) is 2.80. The third-order valence-corrected chi connectivity index (χ3v) is 2.10. The zero-order valence-corrected chi connectivity index (χ0v) is 9.36. The van der Waals surface area contributed by atoms with Gasteiger partial charge in [0.25, 0.3) is 5.91 Å². The van der Waals surface area contributed by atoms with E-state index in [2.05, 4.69) is 20.3 Å². The molecule has 2 aromatic rings. The van der Waals surface area contributed by atoms with Crippen molar-refractivity contribution in [3.8, 4) is 5.75 Å². The molecule has 0 saturated heterocycles. The molecule has 1 amide bonds. The zero-order chi connectivity index (χ0) is 13.9. The summed E-state index contributed by atoms with van der Waals surface area (Å²) in [6.45, 7) is 0. The number of aromatic nitrogens is 2. The number of benzene rings is 1. The summed E-state index contributed by atoms with van der Waals surface area (Å²) < 4.78 is 39.5. The monoisotopic (exact) mass is 271 g/mol. The number of anilines is 1. The molecule has 5 nitrogen and oxygen atoms in total. The van der Waals surface area contributed by atoms with Gasteiger partial charge in [-0.1, -0.05) is 0 Å². The fourth-order valence-electron chi connectivity index (χ4n) is 1.33. The standard InChI is InChI=1S/C11H8F3N3O2/c12-11(13,14)19-8-3-1-7(2-4-8)10(18)16-9-5-6-15-17-9/h1-6H,(H2,15,16,17,18). The van der Waals surface area contributed by atoms with Gasteiger partial charge in [0.05, 0.1) is 6.20 Å². The lowest BCUT2D eigenvalue weighted by molar-refractivity contribution is -0.274. The van der Waals surface area contributed by atoms with Gasteiger partial charge in [-0.3, -0.25) is 9.89 Å². The number of carbonyl (C=O) groups is 1. The Labute approximate surface area is 105 Å². The second-order valence-electron chi connectivity index (χ2n) is 3.50. The van der Waals surface area contributed by atoms with Gasteiger partial charge in [0.2, 0.25) is 0 Å². The van der Waals surface area contributed by atoms with Crippen molar-refractivity contribution < 1.29 is 22.7 Å². The van der Waals surface area contributed by atoms with Crippen molar-refractivity contribution in [2.24, 2.45) is 0 Å². The van der Waals surface area contributed by atoms with Crippen LogP contribution in [0.5, 0.6) is 5.75 Å². The van der Waals surface area contributed by atoms with Crippen LogP contribution in [0, 0.1) is 0 Å². The van der Waals surface area contributed by atoms with Crippen molar-refractivity contribution in [1.29, 1.82) is 0 Å². The highest BCUT2D eigenvalue weighted by molar-refractivity contribution is 6.03. The smallest absolute Gasteiger partial charge is 0.406 e. The van der Waals surface area contributed by atoms with Gasteiger partial charge in [-0.05, 0) is 24.3 Å². The first-order valence-electron chi connectivity index (χ1n) is 5.10. The molecule has 2 rings (SSSR count). The largest absolute Gasteiger partial charge is 0.573 e. The molecule has 1 aromatic heterocycles. The van der Waals surface area contributed by atoms with Gasteiger partial charge in [0.15, 0.2) is 0 Å². The van der Waals surface area contributed by atoms with Gasteiger partial charge in [-0.25, -0.2) is 0 Å². The number of aromatic amines is 1. The van der Waals surface area contributed by atoms with Gasteiger partial charge in [-0.2, -0.15) is 5.10 Å². The number of rotatable bonds is 3. The van der Waals surface area contributed by atoms with Crippen LogP contribution in [0.4, 0.5) is 19.0 Å². The van der Waals surface area contributed by atoms with Gasteiger partial charge in [-0.15, -0.1) is 13.2 Å². The summed E-state index contributed by atoms with van der Waals surface area (Å²) in [5.74, 6) is -0.464. The van der Waals surface area contributed by atoms with Crippen molar-refractivity contribution in [3.63, 3.8) is 0 Å². The lowest BCUT2D eigenvalue weighted by Gasteiger charge is -2.09. The summed E-state index contributed by atoms with van der Waals surface area (Å²) >= 11 is 0. The summed E-state index contributed by atoms with van der Waals surface area (Å²) in [6.07, 6.45) is -3.30. The van der Waals surface area contributed by atoms with Crippen molar-refractivity contribution in [2.45, 2.75) is 6.36 Å². The molecule has 1 aromatic carbocycles. The van der Waals surface area contributed by atoms with E-state index >= 15 is 0 Å². The first-order valence-corrected chi connectivity index (χ1v) is 5.10. The second kappa shape index (κ2) is 5.01. The Hall–Kier alpha value is -2.51. The van der Waals surface area contributed by atoms with E-state index in [1.807, 2.05) is 0 Å². The number of hydrogen-bond donors (Lipinski definition) is 2. The van der Waals surface area contributed by atoms with Crippen LogP contribution >= 0.6 is 0 Å². The molecule has 0 saturated carbocycles. The Morgan fingerprint density at radius 2 is 1.89 bits per heavy atom. The number of H-pyrrole nitrogens is 1. The predicted octanol–water partition coefficient (Wildman–Crippen LogP) is 2.56. The number of nitrogens with one attached hydrogen (secondary N) is 2. The zero-order valence-electron chi connectivity index (χ0n) is 9.36. The maximum Gasteiger partial charge on any atom is 0.573 e. The molecule has 8 heteroatoms. The molecule has 0 fully saturated rings. The van der Waals surface area contributed by atoms with Gasteiger partial charge >= 0.3 is 6.36 Å². The lowest BCUT2D eigenvalue weighted by Crippen LogP contribution is -2.17. The Morgan fingerprint density at radius 1 is 1.21 bits per heavy atom. The summed E-state index contributed by atoms with van der Waals surface area (Å²) in [7, 11) is 0. The molecule has 0 aliphatic heterocycles. The van der Waals surface area contributed by atoms with Crippen LogP contribution in [0.25, 0.3) is 0 Å². The van der Waals surface area contributed by atoms with E-state index in [1.54, 1.807) is 6.07 Å². The topological polar surface area (TPSA) is 67.0 Å². The number of halogens is 3. The first-order chi connectivity index (χ1) is 8.94. The number of nitrogens with zero attached hydrogens (tertiary/aromatic N) is 1. The van der Waals surface area contributed by atoms with Crippen molar-refractivity contribution in [3.05, 3.63) is 42.1 Å². The fraction of sp³-hybridized carbons (Fsp3) is 0.0909. The third-order valence-electron chi connectivity index (χ3n) is 2.10. The van der Waals surface area contributed by atoms with Gasteiger partial charge in [0.1, 0.15) is 11.6 Å². The Bertz CT molecular complexity index is 550. The predicted molar refractivity (Wildman–Crippen MR) is 59.7 cm³/mol. The van der Waals surface area contributed by atoms with Crippen LogP contribution in [0.2, 0.25) is 0 Å². The molecule has 0 aliphatic carbocycles. The quantitative estimate of drug-likeness (QED) is 0.901. The SMILES string of the molecule is O=C(Nc1ccn[nH]1)c1ccc(OC(F)(F)F)cc1. The molecule has 0 unspecified atom stereocenters. The number of amides is 1. The molecule has 1 heterocycles. The Morgan fingerprint density at radius 3 is 2.42 bits per heavy atom. The van der Waals surface area contributed by atoms with Crippen LogP contribution < -0.4 is 10.1 Å². The molecular formula is C11H8F3N3O2. The highest BCUT2D eigenvalue weighted by Crippen LogP contribution is 2.22. The highest BCUT2D eigenvalue weighted by atomic mass is 19.4. The highest BCUT2D eigenvalue weighted by Gasteiger charge is 2.31. The number of ether oxygens (including phenoxy) is 1. The molecule has 2 N–H and O–H groups in total. The van der Waals surface area contributed by atoms with Crippen molar-refractivity contribution >= 4 is 11.7 Å². The van der Waals surface area contributed by atoms with Crippen LogP contribution in [0.15, 0.2) is 36.5 Å². The first kappa shape index (κ1) is 12.9. The molecule has 100 valence electrons. The fourth-order valence-corrected chi connectivity index (χ4v) is 1.33. The average molecular weight is 271 g/mol. The van der Waals surface area contributed by atoms with E-state index in [9.17, 15) is 18.0 Å². The van der Waals surface area contributed by atoms with E-state index < -0.39 is 12.3 Å². The summed E-state index contributed by atoms with van der Waals surface area (Å²) in [4.78, 5) is 11.7. The number of carbonyl (C=O) groups excluding carboxylic acids is 1. The Balaban J connectivity index is 2.04. The normalized spacial score (nSPS) is 11.1. The second-order valence-corrected chi connectivity index (χ2v) is 3.50. The molecule has 0 atom stereocenters. The van der Waals surface area contributed by atoms with Crippen LogP contribution in [-0.4, -0.2) is 22.5 Å². The van der Waals surface area contributed by atoms with E-state index in [-0.39, 0.29) is 11.3 Å². The van der Waals surface area contributed by atoms with E-state index in [4.69, 9.17) is 0 Å². The van der Waals surface area contributed by atoms with Crippen LogP contribution in [-0.2, 0) is 0 Å². The minimum Gasteiger partial charge on any atom is -0.406 e. The van der Waals surface area contributed by atoms with Crippen molar-refractivity contribution in [1.82, 2.24) is 10.2 Å². The number of alkyl halides is 3. The minimum atomic E-state index is -4.75. The van der Waals surface area contributed by atoms with Gasteiger partial charge < -0.3 is 10.1 Å². The van der Waals surface area contributed by atoms with Crippen LogP contribution in [0.3, 0.4) is 0 Å². The third kappa shape index (κ3) is 3.73. The number of hydrogen-bond acceptors (Lipinski definition) is 3. The minimum absolute atomic E-state index is 0.198. The van der Waals surface area contributed by atoms with Crippen LogP contribution in [0.1, 0.15) is 10.4 Å². The molecule has 19 heavy (non-hydrogen) atoms. The maximum atomic E-state index is 11.9. The Kier molecular flexibility index (Phi) is 3.41. The molecule has 0 radical (unpaired) electrons. The van der Waals surface area contributed by atoms with Gasteiger partial charge in [0, 0.05) is 11.6 Å². The summed E-state index contributed by atoms with van der Waals surface area (Å²) in [5, 5.41) is 8.65. The maximum absolute atomic E-state index is 11.9. The van der Waals surface area contributed by atoms with Crippen molar-refractivity contribution in [2.75, 3.05) is 5.32 Å². The lowest BCUT2D eigenvalue weighted by atomic mass is 10.2. The van der Waals surface area contributed by atoms with E-state index in [0.29, 0.717) is 5.82 Å². The summed E-state index contributed by atoms with van der Waals surface area (Å²) in [6, 6.07) is 6.13. The summed E-state index contributed by atoms with van der Waals surface area (Å²) in [5.41, 5.74) is 0.198. The molecular weight excluding hydrogens is 263 g/mol. The molecule has 0 aliphatic rings. The van der Waals surface area contributed by atoms with E-state index in [1.165, 1.54) is 18.3 Å².